The van der Waals surface area contributed by atoms with Crippen LogP contribution in [-0.2, 0) is 25.2 Å². The topological polar surface area (TPSA) is 30.5 Å². The number of hydrogen-bond acceptors (Lipinski definition) is 3. The van der Waals surface area contributed by atoms with Crippen molar-refractivity contribution < 1.29 is 35.8 Å². The molecular formula is C21H21F6NO2. The third-order valence-electron chi connectivity index (χ3n) is 5.25. The molecule has 2 aromatic carbocycles. The van der Waals surface area contributed by atoms with Gasteiger partial charge in [0.05, 0.1) is 25.3 Å². The van der Waals surface area contributed by atoms with Gasteiger partial charge in [0.15, 0.2) is 11.5 Å². The van der Waals surface area contributed by atoms with Crippen LogP contribution >= 0.6 is 0 Å². The van der Waals surface area contributed by atoms with Gasteiger partial charge < -0.3 is 14.8 Å². The summed E-state index contributed by atoms with van der Waals surface area (Å²) in [7, 11) is 2.99. The Bertz CT molecular complexity index is 908. The first-order valence-corrected chi connectivity index (χ1v) is 9.30. The number of hydrogen-bond donors (Lipinski definition) is 1. The Labute approximate surface area is 170 Å². The van der Waals surface area contributed by atoms with Crippen LogP contribution in [0.25, 0.3) is 0 Å². The molecule has 3 rings (SSSR count). The van der Waals surface area contributed by atoms with Crippen LogP contribution in [0.1, 0.15) is 40.3 Å². The lowest BCUT2D eigenvalue weighted by atomic mass is 9.89. The zero-order chi connectivity index (χ0) is 22.1. The van der Waals surface area contributed by atoms with Crippen molar-refractivity contribution in [3.63, 3.8) is 0 Å². The van der Waals surface area contributed by atoms with Crippen molar-refractivity contribution >= 4 is 0 Å². The van der Waals surface area contributed by atoms with Crippen molar-refractivity contribution in [1.82, 2.24) is 5.32 Å². The highest BCUT2D eigenvalue weighted by atomic mass is 19.4. The molecule has 3 nitrogen and oxygen atoms in total. The first-order valence-electron chi connectivity index (χ1n) is 9.30. The standard InChI is InChI=1S/C21H21F6NO2/c1-29-18-10-12-7-8-28-17(15(12)11-19(18)30-2)6-3-13-9-14(20(22,23)24)4-5-16(13)21(25,26)27/h4-5,9-11,17,28H,3,6-8H2,1-2H3. The van der Waals surface area contributed by atoms with E-state index >= 15 is 0 Å². The Balaban J connectivity index is 1.91. The summed E-state index contributed by atoms with van der Waals surface area (Å²) in [5.41, 5.74) is -0.685. The lowest BCUT2D eigenvalue weighted by Crippen LogP contribution is -2.30. The average molecular weight is 433 g/mol. The Morgan fingerprint density at radius 2 is 1.60 bits per heavy atom. The molecular weight excluding hydrogens is 412 g/mol. The SMILES string of the molecule is COc1cc2c(cc1OC)C(CCc1cc(C(F)(F)F)ccc1C(F)(F)F)NCC2. The van der Waals surface area contributed by atoms with Crippen LogP contribution in [-0.4, -0.2) is 20.8 Å². The monoisotopic (exact) mass is 433 g/mol. The third-order valence-corrected chi connectivity index (χ3v) is 5.25. The largest absolute Gasteiger partial charge is 0.493 e. The average Bonchev–Trinajstić information content (AvgIpc) is 2.69. The molecule has 2 aromatic rings. The Morgan fingerprint density at radius 1 is 0.933 bits per heavy atom. The van der Waals surface area contributed by atoms with Crippen molar-refractivity contribution in [3.8, 4) is 11.5 Å². The molecule has 0 saturated heterocycles. The minimum absolute atomic E-state index is 0.162. The summed E-state index contributed by atoms with van der Waals surface area (Å²) >= 11 is 0. The molecule has 1 atom stereocenters. The van der Waals surface area contributed by atoms with Crippen molar-refractivity contribution in [2.75, 3.05) is 20.8 Å². The molecule has 1 heterocycles. The molecule has 1 unspecified atom stereocenters. The van der Waals surface area contributed by atoms with E-state index in [9.17, 15) is 26.3 Å². The van der Waals surface area contributed by atoms with Crippen LogP contribution in [0.3, 0.4) is 0 Å². The fourth-order valence-corrected chi connectivity index (χ4v) is 3.78. The van der Waals surface area contributed by atoms with Gasteiger partial charge >= 0.3 is 12.4 Å². The van der Waals surface area contributed by atoms with Gasteiger partial charge in [0, 0.05) is 6.04 Å². The molecule has 0 bridgehead atoms. The molecule has 0 aliphatic carbocycles. The van der Waals surface area contributed by atoms with E-state index in [4.69, 9.17) is 9.47 Å². The third kappa shape index (κ3) is 4.66. The number of methoxy groups -OCH3 is 2. The van der Waals surface area contributed by atoms with Crippen LogP contribution in [0.5, 0.6) is 11.5 Å². The van der Waals surface area contributed by atoms with Crippen molar-refractivity contribution in [2.45, 2.75) is 37.7 Å². The fourth-order valence-electron chi connectivity index (χ4n) is 3.78. The summed E-state index contributed by atoms with van der Waals surface area (Å²) in [6.07, 6.45) is -8.70. The van der Waals surface area contributed by atoms with Gasteiger partial charge in [0.2, 0.25) is 0 Å². The second-order valence-corrected chi connectivity index (χ2v) is 7.07. The van der Waals surface area contributed by atoms with Crippen LogP contribution in [0.4, 0.5) is 26.3 Å². The molecule has 164 valence electrons. The molecule has 0 fully saturated rings. The molecule has 30 heavy (non-hydrogen) atoms. The number of rotatable bonds is 5. The van der Waals surface area contributed by atoms with Crippen LogP contribution in [0.15, 0.2) is 30.3 Å². The maximum atomic E-state index is 13.3. The molecule has 0 aromatic heterocycles. The predicted molar refractivity (Wildman–Crippen MR) is 98.8 cm³/mol. The van der Waals surface area contributed by atoms with Gasteiger partial charge in [0.25, 0.3) is 0 Å². The van der Waals surface area contributed by atoms with E-state index < -0.39 is 23.5 Å². The fraction of sp³-hybridized carbons (Fsp3) is 0.429. The summed E-state index contributed by atoms with van der Waals surface area (Å²) in [6.45, 7) is 0.599. The summed E-state index contributed by atoms with van der Waals surface area (Å²) in [6, 6.07) is 4.85. The van der Waals surface area contributed by atoms with Gasteiger partial charge in [-0.3, -0.25) is 0 Å². The number of nitrogens with one attached hydrogen (secondary N) is 1. The van der Waals surface area contributed by atoms with E-state index in [1.807, 2.05) is 6.07 Å². The first kappa shape index (κ1) is 22.3. The minimum atomic E-state index is -4.73. The van der Waals surface area contributed by atoms with Crippen molar-refractivity contribution in [2.24, 2.45) is 0 Å². The highest BCUT2D eigenvalue weighted by molar-refractivity contribution is 5.49. The van der Waals surface area contributed by atoms with Crippen LogP contribution in [0.2, 0.25) is 0 Å². The van der Waals surface area contributed by atoms with Gasteiger partial charge in [-0.2, -0.15) is 26.3 Å². The second kappa shape index (κ2) is 8.37. The zero-order valence-electron chi connectivity index (χ0n) is 16.4. The van der Waals surface area contributed by atoms with E-state index in [0.717, 1.165) is 11.1 Å². The number of aryl methyl sites for hydroxylation is 1. The number of halogens is 6. The minimum Gasteiger partial charge on any atom is -0.493 e. The van der Waals surface area contributed by atoms with Gasteiger partial charge in [0.1, 0.15) is 0 Å². The molecule has 0 amide bonds. The number of ether oxygens (including phenoxy) is 2. The molecule has 1 N–H and O–H groups in total. The zero-order valence-corrected chi connectivity index (χ0v) is 16.4. The van der Waals surface area contributed by atoms with Gasteiger partial charge in [-0.05, 0) is 72.8 Å². The molecule has 0 saturated carbocycles. The van der Waals surface area contributed by atoms with Gasteiger partial charge in [-0.1, -0.05) is 0 Å². The van der Waals surface area contributed by atoms with E-state index in [-0.39, 0.29) is 24.4 Å². The van der Waals surface area contributed by atoms with Crippen LogP contribution in [0, 0.1) is 0 Å². The Morgan fingerprint density at radius 3 is 2.20 bits per heavy atom. The molecule has 0 radical (unpaired) electrons. The van der Waals surface area contributed by atoms with E-state index in [0.29, 0.717) is 42.7 Å². The lowest BCUT2D eigenvalue weighted by molar-refractivity contribution is -0.141. The molecule has 9 heteroatoms. The maximum Gasteiger partial charge on any atom is 0.416 e. The number of benzene rings is 2. The summed E-state index contributed by atoms with van der Waals surface area (Å²) in [5.74, 6) is 1.04. The quantitative estimate of drug-likeness (QED) is 0.627. The maximum absolute atomic E-state index is 13.3. The molecule has 1 aliphatic rings. The van der Waals surface area contributed by atoms with E-state index in [1.165, 1.54) is 14.2 Å². The smallest absolute Gasteiger partial charge is 0.416 e. The number of alkyl halides is 6. The summed E-state index contributed by atoms with van der Waals surface area (Å²) in [4.78, 5) is 0. The highest BCUT2D eigenvalue weighted by Gasteiger charge is 2.37. The Hall–Kier alpha value is -2.42. The highest BCUT2D eigenvalue weighted by Crippen LogP contribution is 2.39. The summed E-state index contributed by atoms with van der Waals surface area (Å²) < 4.78 is 89.7. The van der Waals surface area contributed by atoms with Crippen LogP contribution < -0.4 is 14.8 Å². The Kier molecular flexibility index (Phi) is 6.21. The van der Waals surface area contributed by atoms with E-state index in [2.05, 4.69) is 5.32 Å². The van der Waals surface area contributed by atoms with Crippen molar-refractivity contribution in [1.29, 1.82) is 0 Å². The first-order chi connectivity index (χ1) is 14.0. The summed E-state index contributed by atoms with van der Waals surface area (Å²) in [5, 5.41) is 3.24. The molecule has 1 aliphatic heterocycles. The predicted octanol–water partition coefficient (Wildman–Crippen LogP) is 5.56. The van der Waals surface area contributed by atoms with Gasteiger partial charge in [-0.15, -0.1) is 0 Å². The lowest BCUT2D eigenvalue weighted by Gasteiger charge is -2.28. The second-order valence-electron chi connectivity index (χ2n) is 7.07. The van der Waals surface area contributed by atoms with Crippen molar-refractivity contribution in [3.05, 3.63) is 58.1 Å². The molecule has 0 spiro atoms. The number of fused-ring (bicyclic) bond motifs is 1. The normalized spacial score (nSPS) is 16.9. The van der Waals surface area contributed by atoms with Gasteiger partial charge in [-0.25, -0.2) is 0 Å². The van der Waals surface area contributed by atoms with E-state index in [1.54, 1.807) is 6.07 Å².